The first-order valence-corrected chi connectivity index (χ1v) is 7.52. The van der Waals surface area contributed by atoms with Crippen LogP contribution in [0.3, 0.4) is 0 Å². The van der Waals surface area contributed by atoms with Gasteiger partial charge in [-0.2, -0.15) is 5.26 Å². The Morgan fingerprint density at radius 1 is 1.30 bits per heavy atom. The Balaban J connectivity index is 2.01. The molecule has 0 bridgehead atoms. The van der Waals surface area contributed by atoms with Gasteiger partial charge in [-0.15, -0.1) is 0 Å². The molecule has 0 aromatic heterocycles. The van der Waals surface area contributed by atoms with Crippen molar-refractivity contribution in [2.24, 2.45) is 5.92 Å². The first kappa shape index (κ1) is 15.0. The van der Waals surface area contributed by atoms with E-state index >= 15 is 0 Å². The van der Waals surface area contributed by atoms with Gasteiger partial charge in [0.1, 0.15) is 0 Å². The minimum absolute atomic E-state index is 0.476. The van der Waals surface area contributed by atoms with Crippen LogP contribution in [0.1, 0.15) is 50.3 Å². The van der Waals surface area contributed by atoms with Crippen molar-refractivity contribution in [3.63, 3.8) is 0 Å². The average Bonchev–Trinajstić information content (AvgIpc) is 2.61. The molecule has 0 aliphatic carbocycles. The normalized spacial score (nSPS) is 25.7. The van der Waals surface area contributed by atoms with Gasteiger partial charge in [-0.3, -0.25) is 4.90 Å². The summed E-state index contributed by atoms with van der Waals surface area (Å²) in [5, 5.41) is 19.2. The summed E-state index contributed by atoms with van der Waals surface area (Å²) in [6.07, 6.45) is 3.31. The van der Waals surface area contributed by atoms with Crippen LogP contribution in [0, 0.1) is 17.2 Å². The third kappa shape index (κ3) is 3.82. The first-order valence-electron chi connectivity index (χ1n) is 7.52. The largest absolute Gasteiger partial charge is 0.387 e. The fourth-order valence-electron chi connectivity index (χ4n) is 2.98. The maximum atomic E-state index is 10.4. The number of likely N-dealkylation sites (tertiary alicyclic amines) is 1. The second kappa shape index (κ2) is 6.88. The molecule has 2 rings (SSSR count). The van der Waals surface area contributed by atoms with E-state index in [-0.39, 0.29) is 0 Å². The maximum absolute atomic E-state index is 10.4. The van der Waals surface area contributed by atoms with Gasteiger partial charge < -0.3 is 5.11 Å². The molecule has 1 fully saturated rings. The highest BCUT2D eigenvalue weighted by atomic mass is 16.3. The van der Waals surface area contributed by atoms with Gasteiger partial charge in [-0.25, -0.2) is 0 Å². The zero-order valence-electron chi connectivity index (χ0n) is 12.4. The van der Waals surface area contributed by atoms with E-state index in [0.717, 1.165) is 12.1 Å². The number of aliphatic hydroxyl groups is 1. The van der Waals surface area contributed by atoms with E-state index in [2.05, 4.69) is 24.8 Å². The molecule has 3 nitrogen and oxygen atoms in total. The molecule has 1 N–H and O–H groups in total. The number of hydrogen-bond donors (Lipinski definition) is 1. The number of benzene rings is 1. The van der Waals surface area contributed by atoms with Gasteiger partial charge in [-0.1, -0.05) is 25.5 Å². The van der Waals surface area contributed by atoms with Crippen molar-refractivity contribution in [1.29, 1.82) is 5.26 Å². The minimum atomic E-state index is -0.476. The second-order valence-electron chi connectivity index (χ2n) is 6.09. The van der Waals surface area contributed by atoms with Crippen molar-refractivity contribution in [2.45, 2.75) is 45.3 Å². The van der Waals surface area contributed by atoms with Gasteiger partial charge >= 0.3 is 0 Å². The van der Waals surface area contributed by atoms with Crippen LogP contribution in [0.25, 0.3) is 0 Å². The van der Waals surface area contributed by atoms with Gasteiger partial charge in [-0.05, 0) is 43.4 Å². The molecular formula is C17H24N2O. The predicted molar refractivity (Wildman–Crippen MR) is 80.2 cm³/mol. The van der Waals surface area contributed by atoms with Crippen molar-refractivity contribution in [1.82, 2.24) is 4.90 Å². The molecule has 0 saturated carbocycles. The van der Waals surface area contributed by atoms with Gasteiger partial charge in [0.05, 0.1) is 17.7 Å². The van der Waals surface area contributed by atoms with Crippen molar-refractivity contribution >= 4 is 0 Å². The molecule has 0 spiro atoms. The Morgan fingerprint density at radius 3 is 2.65 bits per heavy atom. The summed E-state index contributed by atoms with van der Waals surface area (Å²) < 4.78 is 0. The number of nitrogens with zero attached hydrogens (tertiary/aromatic N) is 2. The van der Waals surface area contributed by atoms with Crippen molar-refractivity contribution in [3.05, 3.63) is 35.4 Å². The average molecular weight is 272 g/mol. The molecule has 0 amide bonds. The number of rotatable bonds is 3. The summed E-state index contributed by atoms with van der Waals surface area (Å²) in [4.78, 5) is 2.40. The van der Waals surface area contributed by atoms with Crippen LogP contribution in [0.15, 0.2) is 24.3 Å². The lowest BCUT2D eigenvalue weighted by atomic mass is 10.1. The van der Waals surface area contributed by atoms with Crippen molar-refractivity contribution < 1.29 is 5.11 Å². The lowest BCUT2D eigenvalue weighted by Gasteiger charge is -2.30. The Bertz CT molecular complexity index is 463. The first-order chi connectivity index (χ1) is 9.60. The number of hydrogen-bond acceptors (Lipinski definition) is 3. The Morgan fingerprint density at radius 2 is 2.00 bits per heavy atom. The van der Waals surface area contributed by atoms with E-state index in [1.165, 1.54) is 19.3 Å². The molecule has 0 radical (unpaired) electrons. The summed E-state index contributed by atoms with van der Waals surface area (Å²) >= 11 is 0. The van der Waals surface area contributed by atoms with Crippen molar-refractivity contribution in [3.8, 4) is 6.07 Å². The van der Waals surface area contributed by atoms with E-state index in [9.17, 15) is 5.11 Å². The third-order valence-electron chi connectivity index (χ3n) is 4.32. The second-order valence-corrected chi connectivity index (χ2v) is 6.09. The van der Waals surface area contributed by atoms with E-state index in [1.54, 1.807) is 12.1 Å². The Labute approximate surface area is 121 Å². The zero-order valence-corrected chi connectivity index (χ0v) is 12.4. The molecule has 3 atom stereocenters. The smallest absolute Gasteiger partial charge is 0.0991 e. The zero-order chi connectivity index (χ0) is 14.5. The van der Waals surface area contributed by atoms with Crippen molar-refractivity contribution in [2.75, 3.05) is 13.1 Å². The molecule has 20 heavy (non-hydrogen) atoms. The highest BCUT2D eigenvalue weighted by Crippen LogP contribution is 2.23. The predicted octanol–water partition coefficient (Wildman–Crippen LogP) is 3.10. The quantitative estimate of drug-likeness (QED) is 0.919. The van der Waals surface area contributed by atoms with Crippen LogP contribution >= 0.6 is 0 Å². The summed E-state index contributed by atoms with van der Waals surface area (Å²) in [5.74, 6) is 0.702. The summed E-state index contributed by atoms with van der Waals surface area (Å²) in [6, 6.07) is 9.89. The highest BCUT2D eigenvalue weighted by molar-refractivity contribution is 5.32. The SMILES string of the molecule is CC1CCCC(C)N(CC(O)c2ccc(C#N)cc2)C1. The van der Waals surface area contributed by atoms with E-state index in [1.807, 2.05) is 12.1 Å². The highest BCUT2D eigenvalue weighted by Gasteiger charge is 2.23. The standard InChI is InChI=1S/C17H24N2O/c1-13-4-3-5-14(2)19(11-13)12-17(20)16-8-6-15(10-18)7-9-16/h6-9,13-14,17,20H,3-5,11-12H2,1-2H3. The maximum Gasteiger partial charge on any atom is 0.0991 e. The summed E-state index contributed by atoms with van der Waals surface area (Å²) in [7, 11) is 0. The summed E-state index contributed by atoms with van der Waals surface area (Å²) in [6.45, 7) is 6.29. The Kier molecular flexibility index (Phi) is 5.17. The number of β-amino-alcohol motifs (C(OH)–C–C–N with tert-alkyl or cyclic N) is 1. The van der Waals surface area contributed by atoms with E-state index < -0.39 is 6.10 Å². The molecule has 1 aromatic carbocycles. The van der Waals surface area contributed by atoms with E-state index in [4.69, 9.17) is 5.26 Å². The monoisotopic (exact) mass is 272 g/mol. The molecule has 1 heterocycles. The molecule has 108 valence electrons. The van der Waals surface area contributed by atoms with Crippen LogP contribution in [0.2, 0.25) is 0 Å². The topological polar surface area (TPSA) is 47.3 Å². The fraction of sp³-hybridized carbons (Fsp3) is 0.588. The van der Waals surface area contributed by atoms with E-state index in [0.29, 0.717) is 24.1 Å². The van der Waals surface area contributed by atoms with Crippen LogP contribution in [0.4, 0.5) is 0 Å². The van der Waals surface area contributed by atoms with Gasteiger partial charge in [0.2, 0.25) is 0 Å². The van der Waals surface area contributed by atoms with Crippen LogP contribution in [-0.4, -0.2) is 29.1 Å². The lowest BCUT2D eigenvalue weighted by Crippen LogP contribution is -2.37. The molecule has 1 aliphatic rings. The van der Waals surface area contributed by atoms with Gasteiger partial charge in [0, 0.05) is 19.1 Å². The Hall–Kier alpha value is -1.37. The molecular weight excluding hydrogens is 248 g/mol. The molecule has 1 saturated heterocycles. The minimum Gasteiger partial charge on any atom is -0.387 e. The van der Waals surface area contributed by atoms with Crippen LogP contribution < -0.4 is 0 Å². The molecule has 3 unspecified atom stereocenters. The van der Waals surface area contributed by atoms with Crippen LogP contribution in [-0.2, 0) is 0 Å². The fourth-order valence-corrected chi connectivity index (χ4v) is 2.98. The molecule has 1 aromatic rings. The molecule has 1 aliphatic heterocycles. The third-order valence-corrected chi connectivity index (χ3v) is 4.32. The summed E-state index contributed by atoms with van der Waals surface area (Å²) in [5.41, 5.74) is 1.53. The van der Waals surface area contributed by atoms with Gasteiger partial charge in [0.25, 0.3) is 0 Å². The molecule has 3 heteroatoms. The van der Waals surface area contributed by atoms with Gasteiger partial charge in [0.15, 0.2) is 0 Å². The van der Waals surface area contributed by atoms with Crippen LogP contribution in [0.5, 0.6) is 0 Å². The number of nitriles is 1. The lowest BCUT2D eigenvalue weighted by molar-refractivity contribution is 0.0863. The number of aliphatic hydroxyl groups excluding tert-OH is 1.